The van der Waals surface area contributed by atoms with E-state index < -0.39 is 0 Å². The molecule has 0 bridgehead atoms. The van der Waals surface area contributed by atoms with Crippen molar-refractivity contribution in [3.8, 4) is 0 Å². The van der Waals surface area contributed by atoms with Crippen molar-refractivity contribution in [2.24, 2.45) is 18.0 Å². The number of carbonyl (C=O) groups excluding carboxylic acids is 1. The lowest BCUT2D eigenvalue weighted by Crippen LogP contribution is -2.46. The largest absolute Gasteiger partial charge is 0.466 e. The van der Waals surface area contributed by atoms with Crippen LogP contribution in [0.5, 0.6) is 0 Å². The van der Waals surface area contributed by atoms with Gasteiger partial charge in [-0.25, -0.2) is 4.99 Å². The van der Waals surface area contributed by atoms with Crippen LogP contribution in [-0.2, 0) is 23.1 Å². The first kappa shape index (κ1) is 21.7. The molecule has 8 nitrogen and oxygen atoms in total. The molecule has 0 saturated carbocycles. The van der Waals surface area contributed by atoms with Crippen molar-refractivity contribution in [2.45, 2.75) is 40.2 Å². The van der Waals surface area contributed by atoms with Gasteiger partial charge < -0.3 is 19.5 Å². The van der Waals surface area contributed by atoms with E-state index in [1.54, 1.807) is 0 Å². The third kappa shape index (κ3) is 5.82. The highest BCUT2D eigenvalue weighted by molar-refractivity contribution is 14.0. The third-order valence-corrected chi connectivity index (χ3v) is 4.30. The van der Waals surface area contributed by atoms with E-state index in [0.717, 1.165) is 50.1 Å². The van der Waals surface area contributed by atoms with E-state index in [9.17, 15) is 4.79 Å². The summed E-state index contributed by atoms with van der Waals surface area (Å²) in [5.41, 5.74) is 0. The van der Waals surface area contributed by atoms with Crippen molar-refractivity contribution in [3.05, 3.63) is 11.6 Å². The zero-order valence-corrected chi connectivity index (χ0v) is 17.8. The molecule has 2 rings (SSSR count). The summed E-state index contributed by atoms with van der Waals surface area (Å²) in [6.45, 7) is 9.14. The van der Waals surface area contributed by atoms with Gasteiger partial charge in [0.05, 0.1) is 12.5 Å². The van der Waals surface area contributed by atoms with Crippen molar-refractivity contribution in [2.75, 3.05) is 26.2 Å². The summed E-state index contributed by atoms with van der Waals surface area (Å²) in [6, 6.07) is 0. The van der Waals surface area contributed by atoms with Gasteiger partial charge in [-0.15, -0.1) is 34.2 Å². The van der Waals surface area contributed by atoms with Crippen molar-refractivity contribution in [3.63, 3.8) is 0 Å². The summed E-state index contributed by atoms with van der Waals surface area (Å²) in [6.07, 6.45) is 1.60. The maximum Gasteiger partial charge on any atom is 0.309 e. The molecule has 9 heteroatoms. The normalized spacial score (nSPS) is 15.7. The smallest absolute Gasteiger partial charge is 0.309 e. The summed E-state index contributed by atoms with van der Waals surface area (Å²) in [5, 5.41) is 11.5. The van der Waals surface area contributed by atoms with Gasteiger partial charge in [0, 0.05) is 26.7 Å². The van der Waals surface area contributed by atoms with Crippen molar-refractivity contribution in [1.82, 2.24) is 25.0 Å². The van der Waals surface area contributed by atoms with Gasteiger partial charge in [0.1, 0.15) is 12.4 Å². The molecule has 2 heterocycles. The minimum Gasteiger partial charge on any atom is -0.466 e. The average Bonchev–Trinajstić information content (AvgIpc) is 2.91. The van der Waals surface area contributed by atoms with Crippen LogP contribution in [0, 0.1) is 12.8 Å². The fourth-order valence-electron chi connectivity index (χ4n) is 2.75. The predicted octanol–water partition coefficient (Wildman–Crippen LogP) is 1.48. The number of nitrogens with zero attached hydrogens (tertiary/aromatic N) is 5. The topological polar surface area (TPSA) is 84.6 Å². The van der Waals surface area contributed by atoms with Crippen LogP contribution in [0.3, 0.4) is 0 Å². The molecule has 0 spiro atoms. The molecule has 1 aromatic heterocycles. The standard InChI is InChI=1S/C16H28N6O2.HI/c1-5-17-16(18-11-14-20-19-12(3)21(14)4)22-9-7-13(8-10-22)15(23)24-6-2;/h13H,5-11H2,1-4H3,(H,17,18);1H. The van der Waals surface area contributed by atoms with Gasteiger partial charge in [-0.3, -0.25) is 4.79 Å². The lowest BCUT2D eigenvalue weighted by Gasteiger charge is -2.33. The molecule has 0 amide bonds. The number of aliphatic imine (C=N–C) groups is 1. The summed E-state index contributed by atoms with van der Waals surface area (Å²) in [7, 11) is 1.94. The van der Waals surface area contributed by atoms with Crippen molar-refractivity contribution < 1.29 is 9.53 Å². The van der Waals surface area contributed by atoms with Crippen LogP contribution < -0.4 is 5.32 Å². The number of aromatic nitrogens is 3. The number of aryl methyl sites for hydroxylation is 1. The number of hydrogen-bond acceptors (Lipinski definition) is 5. The summed E-state index contributed by atoms with van der Waals surface area (Å²) in [4.78, 5) is 18.7. The van der Waals surface area contributed by atoms with Gasteiger partial charge in [-0.2, -0.15) is 0 Å². The van der Waals surface area contributed by atoms with E-state index in [-0.39, 0.29) is 35.9 Å². The van der Waals surface area contributed by atoms with E-state index >= 15 is 0 Å². The molecule has 0 aliphatic carbocycles. The molecule has 1 saturated heterocycles. The SMILES string of the molecule is CCNC(=NCc1nnc(C)n1C)N1CCC(C(=O)OCC)CC1.I. The third-order valence-electron chi connectivity index (χ3n) is 4.30. The number of guanidine groups is 1. The Morgan fingerprint density at radius 1 is 1.32 bits per heavy atom. The Kier molecular flexibility index (Phi) is 9.15. The van der Waals surface area contributed by atoms with Crippen LogP contribution in [0.25, 0.3) is 0 Å². The number of nitrogens with one attached hydrogen (secondary N) is 1. The molecule has 1 aliphatic heterocycles. The van der Waals surface area contributed by atoms with Crippen LogP contribution in [0.4, 0.5) is 0 Å². The van der Waals surface area contributed by atoms with Gasteiger partial charge >= 0.3 is 5.97 Å². The molecule has 1 aromatic rings. The number of ether oxygens (including phenoxy) is 1. The molecule has 0 aromatic carbocycles. The number of esters is 1. The molecule has 0 radical (unpaired) electrons. The first-order chi connectivity index (χ1) is 11.6. The number of halogens is 1. The Labute approximate surface area is 166 Å². The van der Waals surface area contributed by atoms with Crippen LogP contribution in [0.2, 0.25) is 0 Å². The van der Waals surface area contributed by atoms with E-state index in [0.29, 0.717) is 13.2 Å². The lowest BCUT2D eigenvalue weighted by molar-refractivity contribution is -0.149. The minimum absolute atomic E-state index is 0. The van der Waals surface area contributed by atoms with Gasteiger partial charge in [-0.1, -0.05) is 0 Å². The van der Waals surface area contributed by atoms with E-state index in [1.807, 2.05) is 32.4 Å². The van der Waals surface area contributed by atoms with Crippen LogP contribution in [-0.4, -0.2) is 57.8 Å². The van der Waals surface area contributed by atoms with E-state index in [2.05, 4.69) is 25.4 Å². The second kappa shape index (κ2) is 10.6. The first-order valence-corrected chi connectivity index (χ1v) is 8.61. The molecule has 1 aliphatic rings. The zero-order valence-electron chi connectivity index (χ0n) is 15.5. The summed E-state index contributed by atoms with van der Waals surface area (Å²) < 4.78 is 7.07. The second-order valence-corrected chi connectivity index (χ2v) is 5.91. The second-order valence-electron chi connectivity index (χ2n) is 5.91. The molecule has 0 atom stereocenters. The molecule has 1 N–H and O–H groups in total. The Bertz CT molecular complexity index is 581. The first-order valence-electron chi connectivity index (χ1n) is 8.61. The number of carbonyl (C=O) groups is 1. The average molecular weight is 464 g/mol. The molecular formula is C16H29IN6O2. The summed E-state index contributed by atoms with van der Waals surface area (Å²) >= 11 is 0. The number of piperidine rings is 1. The molecule has 0 unspecified atom stereocenters. The van der Waals surface area contributed by atoms with Crippen LogP contribution in [0.15, 0.2) is 4.99 Å². The molecule has 142 valence electrons. The Morgan fingerprint density at radius 3 is 2.52 bits per heavy atom. The highest BCUT2D eigenvalue weighted by atomic mass is 127. The fraction of sp³-hybridized carbons (Fsp3) is 0.750. The van der Waals surface area contributed by atoms with Gasteiger partial charge in [0.2, 0.25) is 0 Å². The van der Waals surface area contributed by atoms with Gasteiger partial charge in [0.15, 0.2) is 11.8 Å². The number of likely N-dealkylation sites (tertiary alicyclic amines) is 1. The predicted molar refractivity (Wildman–Crippen MR) is 107 cm³/mol. The fourth-order valence-corrected chi connectivity index (χ4v) is 2.75. The maximum absolute atomic E-state index is 11.8. The van der Waals surface area contributed by atoms with Gasteiger partial charge in [-0.05, 0) is 33.6 Å². The Morgan fingerprint density at radius 2 is 2.00 bits per heavy atom. The molecular weight excluding hydrogens is 435 g/mol. The summed E-state index contributed by atoms with van der Waals surface area (Å²) in [5.74, 6) is 2.50. The van der Waals surface area contributed by atoms with E-state index in [4.69, 9.17) is 4.74 Å². The highest BCUT2D eigenvalue weighted by Gasteiger charge is 2.27. The van der Waals surface area contributed by atoms with Crippen LogP contribution >= 0.6 is 24.0 Å². The maximum atomic E-state index is 11.8. The lowest BCUT2D eigenvalue weighted by atomic mass is 9.97. The monoisotopic (exact) mass is 464 g/mol. The Balaban J connectivity index is 0.00000312. The van der Waals surface area contributed by atoms with Crippen LogP contribution in [0.1, 0.15) is 38.3 Å². The quantitative estimate of drug-likeness (QED) is 0.308. The molecule has 25 heavy (non-hydrogen) atoms. The van der Waals surface area contributed by atoms with Crippen molar-refractivity contribution in [1.29, 1.82) is 0 Å². The minimum atomic E-state index is -0.0753. The number of hydrogen-bond donors (Lipinski definition) is 1. The Hall–Kier alpha value is -1.39. The van der Waals surface area contributed by atoms with Gasteiger partial charge in [0.25, 0.3) is 0 Å². The molecule has 1 fully saturated rings. The van der Waals surface area contributed by atoms with E-state index in [1.165, 1.54) is 0 Å². The highest BCUT2D eigenvalue weighted by Crippen LogP contribution is 2.19. The van der Waals surface area contributed by atoms with Crippen molar-refractivity contribution >= 4 is 35.9 Å². The zero-order chi connectivity index (χ0) is 17.5. The number of rotatable bonds is 5.